The smallest absolute Gasteiger partial charge is 0.387 e. The zero-order valence-corrected chi connectivity index (χ0v) is 11.6. The third-order valence-electron chi connectivity index (χ3n) is 2.95. The van der Waals surface area contributed by atoms with E-state index < -0.39 is 12.7 Å². The molecule has 112 valence electrons. The molecule has 0 saturated carbocycles. The average molecular weight is 293 g/mol. The lowest BCUT2D eigenvalue weighted by Gasteiger charge is -2.17. The number of alkyl halides is 2. The molecule has 0 saturated heterocycles. The number of benzene rings is 2. The van der Waals surface area contributed by atoms with E-state index in [1.807, 2.05) is 31.2 Å². The zero-order valence-electron chi connectivity index (χ0n) is 11.6. The van der Waals surface area contributed by atoms with Gasteiger partial charge in [-0.05, 0) is 30.7 Å². The van der Waals surface area contributed by atoms with Gasteiger partial charge in [-0.15, -0.1) is 0 Å². The van der Waals surface area contributed by atoms with Crippen LogP contribution in [0, 0.1) is 6.92 Å². The summed E-state index contributed by atoms with van der Waals surface area (Å²) >= 11 is 0. The summed E-state index contributed by atoms with van der Waals surface area (Å²) in [5.41, 5.74) is 7.57. The first-order chi connectivity index (χ1) is 10.1. The largest absolute Gasteiger partial charge is 0.492 e. The Balaban J connectivity index is 2.04. The highest BCUT2D eigenvalue weighted by Gasteiger charge is 2.15. The maximum atomic E-state index is 12.4. The van der Waals surface area contributed by atoms with Crippen molar-refractivity contribution in [3.63, 3.8) is 0 Å². The molecule has 0 radical (unpaired) electrons. The van der Waals surface area contributed by atoms with Crippen molar-refractivity contribution < 1.29 is 18.3 Å². The minimum absolute atomic E-state index is 0.0767. The van der Waals surface area contributed by atoms with Crippen LogP contribution in [0.2, 0.25) is 0 Å². The van der Waals surface area contributed by atoms with Gasteiger partial charge < -0.3 is 15.2 Å². The van der Waals surface area contributed by atoms with E-state index in [2.05, 4.69) is 4.74 Å². The van der Waals surface area contributed by atoms with Gasteiger partial charge >= 0.3 is 6.61 Å². The Morgan fingerprint density at radius 2 is 1.86 bits per heavy atom. The van der Waals surface area contributed by atoms with Gasteiger partial charge in [0, 0.05) is 5.56 Å². The molecule has 0 aliphatic carbocycles. The van der Waals surface area contributed by atoms with Gasteiger partial charge in [0.1, 0.15) is 18.1 Å². The summed E-state index contributed by atoms with van der Waals surface area (Å²) in [5, 5.41) is 0. The maximum absolute atomic E-state index is 12.4. The second-order valence-electron chi connectivity index (χ2n) is 4.65. The molecule has 0 heterocycles. The molecule has 1 atom stereocenters. The number of aryl methyl sites for hydroxylation is 1. The van der Waals surface area contributed by atoms with Crippen LogP contribution in [0.3, 0.4) is 0 Å². The van der Waals surface area contributed by atoms with Gasteiger partial charge in [0.05, 0.1) is 6.04 Å². The van der Waals surface area contributed by atoms with Crippen LogP contribution in [-0.4, -0.2) is 13.2 Å². The highest BCUT2D eigenvalue weighted by molar-refractivity contribution is 5.36. The number of halogens is 2. The molecule has 0 fully saturated rings. The van der Waals surface area contributed by atoms with Crippen molar-refractivity contribution in [2.45, 2.75) is 19.6 Å². The minimum atomic E-state index is -2.88. The summed E-state index contributed by atoms with van der Waals surface area (Å²) in [7, 11) is 0. The van der Waals surface area contributed by atoms with Crippen molar-refractivity contribution in [1.29, 1.82) is 0 Å². The molecule has 2 rings (SSSR count). The molecule has 0 bridgehead atoms. The van der Waals surface area contributed by atoms with Crippen molar-refractivity contribution >= 4 is 0 Å². The minimum Gasteiger partial charge on any atom is -0.492 e. The molecule has 0 aliphatic rings. The van der Waals surface area contributed by atoms with E-state index in [-0.39, 0.29) is 12.4 Å². The molecular formula is C16H17F2NO2. The Morgan fingerprint density at radius 3 is 2.57 bits per heavy atom. The van der Waals surface area contributed by atoms with Gasteiger partial charge in [-0.3, -0.25) is 0 Å². The first-order valence-electron chi connectivity index (χ1n) is 6.55. The summed E-state index contributed by atoms with van der Waals surface area (Å²) in [5.74, 6) is 0.769. The standard InChI is InChI=1S/C16H17F2NO2/c1-11-5-4-6-12(9-11)20-10-14(19)13-7-2-3-8-15(13)21-16(17)18/h2-9,14,16H,10,19H2,1H3. The molecule has 1 unspecified atom stereocenters. The quantitative estimate of drug-likeness (QED) is 0.883. The second-order valence-corrected chi connectivity index (χ2v) is 4.65. The normalized spacial score (nSPS) is 12.2. The van der Waals surface area contributed by atoms with Crippen molar-refractivity contribution in [2.75, 3.05) is 6.61 Å². The molecule has 2 aromatic carbocycles. The van der Waals surface area contributed by atoms with Gasteiger partial charge in [-0.25, -0.2) is 0 Å². The van der Waals surface area contributed by atoms with Crippen molar-refractivity contribution in [3.8, 4) is 11.5 Å². The van der Waals surface area contributed by atoms with Crippen LogP contribution >= 0.6 is 0 Å². The molecule has 2 aromatic rings. The summed E-state index contributed by atoms with van der Waals surface area (Å²) in [6.07, 6.45) is 0. The summed E-state index contributed by atoms with van der Waals surface area (Å²) in [6, 6.07) is 13.4. The average Bonchev–Trinajstić information content (AvgIpc) is 2.45. The first kappa shape index (κ1) is 15.3. The Kier molecular flexibility index (Phi) is 5.11. The number of nitrogens with two attached hydrogens (primary N) is 1. The van der Waals surface area contributed by atoms with Crippen molar-refractivity contribution in [2.24, 2.45) is 5.73 Å². The SMILES string of the molecule is Cc1cccc(OCC(N)c2ccccc2OC(F)F)c1. The summed E-state index contributed by atoms with van der Waals surface area (Å²) in [6.45, 7) is -0.748. The lowest BCUT2D eigenvalue weighted by Crippen LogP contribution is -2.20. The van der Waals surface area contributed by atoms with Crippen LogP contribution < -0.4 is 15.2 Å². The molecule has 2 N–H and O–H groups in total. The van der Waals surface area contributed by atoms with E-state index in [1.165, 1.54) is 6.07 Å². The van der Waals surface area contributed by atoms with E-state index >= 15 is 0 Å². The lowest BCUT2D eigenvalue weighted by molar-refractivity contribution is -0.0507. The fourth-order valence-corrected chi connectivity index (χ4v) is 1.97. The van der Waals surface area contributed by atoms with Crippen molar-refractivity contribution in [1.82, 2.24) is 0 Å². The molecular weight excluding hydrogens is 276 g/mol. The molecule has 0 amide bonds. The molecule has 0 aromatic heterocycles. The highest BCUT2D eigenvalue weighted by Crippen LogP contribution is 2.26. The van der Waals surface area contributed by atoms with Crippen molar-refractivity contribution in [3.05, 3.63) is 59.7 Å². The number of hydrogen-bond acceptors (Lipinski definition) is 3. The molecule has 0 spiro atoms. The van der Waals surface area contributed by atoms with Gasteiger partial charge in [0.2, 0.25) is 0 Å². The fraction of sp³-hybridized carbons (Fsp3) is 0.250. The molecule has 3 nitrogen and oxygen atoms in total. The van der Waals surface area contributed by atoms with Gasteiger partial charge in [-0.2, -0.15) is 8.78 Å². The Bertz CT molecular complexity index is 590. The Labute approximate surface area is 122 Å². The predicted molar refractivity (Wildman–Crippen MR) is 76.7 cm³/mol. The van der Waals surface area contributed by atoms with Crippen LogP contribution in [-0.2, 0) is 0 Å². The van der Waals surface area contributed by atoms with E-state index in [0.717, 1.165) is 5.56 Å². The second kappa shape index (κ2) is 7.04. The Hall–Kier alpha value is -2.14. The number of ether oxygens (including phenoxy) is 2. The van der Waals surface area contributed by atoms with Gasteiger partial charge in [0.15, 0.2) is 0 Å². The van der Waals surface area contributed by atoms with E-state index in [1.54, 1.807) is 18.2 Å². The maximum Gasteiger partial charge on any atom is 0.387 e. The van der Waals surface area contributed by atoms with E-state index in [0.29, 0.717) is 11.3 Å². The van der Waals surface area contributed by atoms with Crippen LogP contribution in [0.4, 0.5) is 8.78 Å². The zero-order chi connectivity index (χ0) is 15.2. The fourth-order valence-electron chi connectivity index (χ4n) is 1.97. The summed E-state index contributed by atoms with van der Waals surface area (Å²) in [4.78, 5) is 0. The molecule has 21 heavy (non-hydrogen) atoms. The molecule has 5 heteroatoms. The third kappa shape index (κ3) is 4.43. The predicted octanol–water partition coefficient (Wildman–Crippen LogP) is 3.68. The third-order valence-corrected chi connectivity index (χ3v) is 2.95. The monoisotopic (exact) mass is 293 g/mol. The van der Waals surface area contributed by atoms with Gasteiger partial charge in [0.25, 0.3) is 0 Å². The highest BCUT2D eigenvalue weighted by atomic mass is 19.3. The number of hydrogen-bond donors (Lipinski definition) is 1. The van der Waals surface area contributed by atoms with E-state index in [9.17, 15) is 8.78 Å². The molecule has 0 aliphatic heterocycles. The summed E-state index contributed by atoms with van der Waals surface area (Å²) < 4.78 is 34.8. The lowest BCUT2D eigenvalue weighted by atomic mass is 10.1. The number of rotatable bonds is 6. The Morgan fingerprint density at radius 1 is 1.10 bits per heavy atom. The first-order valence-corrected chi connectivity index (χ1v) is 6.55. The van der Waals surface area contributed by atoms with Crippen LogP contribution in [0.25, 0.3) is 0 Å². The van der Waals surface area contributed by atoms with E-state index in [4.69, 9.17) is 10.5 Å². The topological polar surface area (TPSA) is 44.5 Å². The van der Waals surface area contributed by atoms with Crippen LogP contribution in [0.15, 0.2) is 48.5 Å². The van der Waals surface area contributed by atoms with Crippen LogP contribution in [0.1, 0.15) is 17.2 Å². The van der Waals surface area contributed by atoms with Crippen LogP contribution in [0.5, 0.6) is 11.5 Å². The number of para-hydroxylation sites is 1. The van der Waals surface area contributed by atoms with Gasteiger partial charge in [-0.1, -0.05) is 30.3 Å².